The average molecular weight is 199 g/mol. The van der Waals surface area contributed by atoms with E-state index in [1.54, 1.807) is 0 Å². The molecule has 1 heterocycles. The molecular weight excluding hydrogens is 190 g/mol. The number of rotatable bonds is 2. The van der Waals surface area contributed by atoms with E-state index in [9.17, 15) is 9.59 Å². The molecule has 0 atom stereocenters. The van der Waals surface area contributed by atoms with Crippen molar-refractivity contribution < 1.29 is 4.79 Å². The van der Waals surface area contributed by atoms with Crippen molar-refractivity contribution in [3.05, 3.63) is 58.4 Å². The predicted octanol–water partition coefficient (Wildman–Crippen LogP) is 1.85. The van der Waals surface area contributed by atoms with E-state index in [0.717, 1.165) is 11.8 Å². The number of nitrogens with one attached hydrogen (secondary N) is 1. The van der Waals surface area contributed by atoms with Crippen molar-refractivity contribution >= 4 is 6.29 Å². The van der Waals surface area contributed by atoms with Crippen LogP contribution in [0.2, 0.25) is 0 Å². The zero-order chi connectivity index (χ0) is 10.7. The van der Waals surface area contributed by atoms with Crippen LogP contribution in [0.5, 0.6) is 0 Å². The SMILES string of the molecule is O=Cc1ccc(=O)[nH]c1-c1ccccc1. The lowest BCUT2D eigenvalue weighted by molar-refractivity contribution is 0.112. The summed E-state index contributed by atoms with van der Waals surface area (Å²) < 4.78 is 0. The van der Waals surface area contributed by atoms with E-state index in [4.69, 9.17) is 0 Å². The second kappa shape index (κ2) is 3.92. The van der Waals surface area contributed by atoms with Gasteiger partial charge in [-0.1, -0.05) is 30.3 Å². The second-order valence-corrected chi connectivity index (χ2v) is 3.14. The van der Waals surface area contributed by atoms with Gasteiger partial charge in [-0.3, -0.25) is 9.59 Å². The minimum atomic E-state index is -0.209. The summed E-state index contributed by atoms with van der Waals surface area (Å²) >= 11 is 0. The van der Waals surface area contributed by atoms with Gasteiger partial charge >= 0.3 is 0 Å². The largest absolute Gasteiger partial charge is 0.321 e. The highest BCUT2D eigenvalue weighted by atomic mass is 16.1. The van der Waals surface area contributed by atoms with Gasteiger partial charge in [0.2, 0.25) is 5.56 Å². The number of carbonyl (C=O) groups excluding carboxylic acids is 1. The van der Waals surface area contributed by atoms with E-state index < -0.39 is 0 Å². The van der Waals surface area contributed by atoms with Gasteiger partial charge in [0.05, 0.1) is 5.69 Å². The quantitative estimate of drug-likeness (QED) is 0.750. The van der Waals surface area contributed by atoms with Crippen LogP contribution in [-0.4, -0.2) is 11.3 Å². The van der Waals surface area contributed by atoms with E-state index >= 15 is 0 Å². The number of hydrogen-bond donors (Lipinski definition) is 1. The Bertz CT molecular complexity index is 529. The van der Waals surface area contributed by atoms with Crippen molar-refractivity contribution in [2.24, 2.45) is 0 Å². The molecule has 0 unspecified atom stereocenters. The highest BCUT2D eigenvalue weighted by molar-refractivity contribution is 5.85. The lowest BCUT2D eigenvalue weighted by Gasteiger charge is -2.03. The minimum Gasteiger partial charge on any atom is -0.321 e. The van der Waals surface area contributed by atoms with Gasteiger partial charge in [0.25, 0.3) is 0 Å². The molecule has 1 N–H and O–H groups in total. The van der Waals surface area contributed by atoms with E-state index in [2.05, 4.69) is 4.98 Å². The van der Waals surface area contributed by atoms with Gasteiger partial charge in [0.15, 0.2) is 6.29 Å². The van der Waals surface area contributed by atoms with Crippen molar-refractivity contribution in [2.45, 2.75) is 0 Å². The van der Waals surface area contributed by atoms with Gasteiger partial charge in [-0.25, -0.2) is 0 Å². The molecule has 1 aromatic carbocycles. The zero-order valence-electron chi connectivity index (χ0n) is 7.94. The summed E-state index contributed by atoms with van der Waals surface area (Å²) in [5.74, 6) is 0. The molecule has 0 saturated heterocycles. The predicted molar refractivity (Wildman–Crippen MR) is 57.9 cm³/mol. The maximum atomic E-state index is 11.2. The molecule has 15 heavy (non-hydrogen) atoms. The average Bonchev–Trinajstić information content (AvgIpc) is 2.30. The van der Waals surface area contributed by atoms with Crippen LogP contribution in [0.4, 0.5) is 0 Å². The molecule has 0 amide bonds. The molecule has 2 aromatic rings. The molecule has 0 aliphatic rings. The highest BCUT2D eigenvalue weighted by Crippen LogP contribution is 2.17. The number of hydrogen-bond acceptors (Lipinski definition) is 2. The van der Waals surface area contributed by atoms with Crippen molar-refractivity contribution in [2.75, 3.05) is 0 Å². The van der Waals surface area contributed by atoms with Crippen LogP contribution in [0, 0.1) is 0 Å². The van der Waals surface area contributed by atoms with E-state index in [1.165, 1.54) is 12.1 Å². The first kappa shape index (κ1) is 9.40. The lowest BCUT2D eigenvalue weighted by Crippen LogP contribution is -2.06. The minimum absolute atomic E-state index is 0.209. The topological polar surface area (TPSA) is 49.9 Å². The zero-order valence-corrected chi connectivity index (χ0v) is 7.94. The fourth-order valence-electron chi connectivity index (χ4n) is 1.43. The Hall–Kier alpha value is -2.16. The van der Waals surface area contributed by atoms with Crippen LogP contribution in [0.25, 0.3) is 11.3 Å². The van der Waals surface area contributed by atoms with Gasteiger partial charge in [0.1, 0.15) is 0 Å². The Morgan fingerprint density at radius 1 is 1.00 bits per heavy atom. The van der Waals surface area contributed by atoms with Crippen LogP contribution < -0.4 is 5.56 Å². The molecule has 74 valence electrons. The van der Waals surface area contributed by atoms with Crippen LogP contribution in [0.15, 0.2) is 47.3 Å². The molecular formula is C12H9NO2. The van der Waals surface area contributed by atoms with Gasteiger partial charge in [-0.15, -0.1) is 0 Å². The van der Waals surface area contributed by atoms with Crippen molar-refractivity contribution in [3.8, 4) is 11.3 Å². The van der Waals surface area contributed by atoms with Crippen molar-refractivity contribution in [3.63, 3.8) is 0 Å². The molecule has 0 bridgehead atoms. The summed E-state index contributed by atoms with van der Waals surface area (Å²) in [7, 11) is 0. The maximum absolute atomic E-state index is 11.2. The standard InChI is InChI=1S/C12H9NO2/c14-8-10-6-7-11(15)13-12(10)9-4-2-1-3-5-9/h1-8H,(H,13,15). The summed E-state index contributed by atoms with van der Waals surface area (Å²) in [6.07, 6.45) is 0.734. The van der Waals surface area contributed by atoms with E-state index in [1.807, 2.05) is 30.3 Å². The lowest BCUT2D eigenvalue weighted by atomic mass is 10.1. The summed E-state index contributed by atoms with van der Waals surface area (Å²) in [5.41, 5.74) is 1.68. The molecule has 2 rings (SSSR count). The normalized spacial score (nSPS) is 9.87. The Balaban J connectivity index is 2.66. The fraction of sp³-hybridized carbons (Fsp3) is 0. The first-order valence-electron chi connectivity index (χ1n) is 4.55. The van der Waals surface area contributed by atoms with Gasteiger partial charge in [-0.2, -0.15) is 0 Å². The molecule has 0 spiro atoms. The van der Waals surface area contributed by atoms with Crippen molar-refractivity contribution in [1.29, 1.82) is 0 Å². The van der Waals surface area contributed by atoms with Crippen LogP contribution >= 0.6 is 0 Å². The molecule has 0 fully saturated rings. The van der Waals surface area contributed by atoms with E-state index in [0.29, 0.717) is 11.3 Å². The van der Waals surface area contributed by atoms with Crippen LogP contribution in [0.1, 0.15) is 10.4 Å². The Morgan fingerprint density at radius 2 is 1.73 bits per heavy atom. The number of carbonyl (C=O) groups is 1. The molecule has 3 heteroatoms. The number of aromatic amines is 1. The number of aromatic nitrogens is 1. The molecule has 1 aromatic heterocycles. The van der Waals surface area contributed by atoms with Gasteiger partial charge in [-0.05, 0) is 11.6 Å². The summed E-state index contributed by atoms with van der Waals surface area (Å²) in [6, 6.07) is 12.1. The summed E-state index contributed by atoms with van der Waals surface area (Å²) in [5, 5.41) is 0. The van der Waals surface area contributed by atoms with Gasteiger partial charge < -0.3 is 4.98 Å². The number of H-pyrrole nitrogens is 1. The molecule has 0 radical (unpaired) electrons. The first-order chi connectivity index (χ1) is 7.31. The monoisotopic (exact) mass is 199 g/mol. The molecule has 3 nitrogen and oxygen atoms in total. The Morgan fingerprint density at radius 3 is 2.40 bits per heavy atom. The third-order valence-corrected chi connectivity index (χ3v) is 2.14. The van der Waals surface area contributed by atoms with E-state index in [-0.39, 0.29) is 5.56 Å². The number of aldehydes is 1. The summed E-state index contributed by atoms with van der Waals surface area (Å²) in [4.78, 5) is 24.6. The van der Waals surface area contributed by atoms with Crippen LogP contribution in [0.3, 0.4) is 0 Å². The smallest absolute Gasteiger partial charge is 0.248 e. The second-order valence-electron chi connectivity index (χ2n) is 3.14. The molecule has 0 aliphatic carbocycles. The van der Waals surface area contributed by atoms with Crippen LogP contribution in [-0.2, 0) is 0 Å². The maximum Gasteiger partial charge on any atom is 0.248 e. The third kappa shape index (κ3) is 1.86. The molecule has 0 saturated carbocycles. The fourth-order valence-corrected chi connectivity index (χ4v) is 1.43. The molecule has 0 aliphatic heterocycles. The van der Waals surface area contributed by atoms with Gasteiger partial charge in [0, 0.05) is 11.6 Å². The third-order valence-electron chi connectivity index (χ3n) is 2.14. The number of pyridine rings is 1. The Labute approximate surface area is 86.4 Å². The Kier molecular flexibility index (Phi) is 2.46. The summed E-state index contributed by atoms with van der Waals surface area (Å²) in [6.45, 7) is 0. The highest BCUT2D eigenvalue weighted by Gasteiger charge is 2.04. The number of benzene rings is 1. The first-order valence-corrected chi connectivity index (χ1v) is 4.55. The van der Waals surface area contributed by atoms with Crippen molar-refractivity contribution in [1.82, 2.24) is 4.98 Å².